The second kappa shape index (κ2) is 3.36. The Kier molecular flexibility index (Phi) is 2.33. The van der Waals surface area contributed by atoms with Crippen LogP contribution in [0.1, 0.15) is 19.3 Å². The molecule has 3 nitrogen and oxygen atoms in total. The first-order valence-electron chi connectivity index (χ1n) is 5.95. The van der Waals surface area contributed by atoms with Gasteiger partial charge in [-0.05, 0) is 44.0 Å². The highest BCUT2D eigenvalue weighted by Crippen LogP contribution is 2.45. The highest BCUT2D eigenvalue weighted by molar-refractivity contribution is 7.99. The fourth-order valence-corrected chi connectivity index (χ4v) is 4.93. The molecular weight excluding hydrogens is 208 g/mol. The first kappa shape index (κ1) is 10.4. The van der Waals surface area contributed by atoms with Gasteiger partial charge in [0.2, 0.25) is 0 Å². The molecule has 0 radical (unpaired) electrons. The van der Waals surface area contributed by atoms with E-state index in [-0.39, 0.29) is 5.54 Å². The minimum Gasteiger partial charge on any atom is -0.387 e. The number of fused-ring (bicyclic) bond motifs is 3. The van der Waals surface area contributed by atoms with E-state index in [1.165, 1.54) is 25.9 Å². The minimum absolute atomic E-state index is 0.326. The molecule has 0 aromatic heterocycles. The molecule has 0 saturated carbocycles. The Morgan fingerprint density at radius 2 is 2.07 bits per heavy atom. The molecule has 2 bridgehead atoms. The number of hydrogen-bond donors (Lipinski definition) is 2. The van der Waals surface area contributed by atoms with Crippen molar-refractivity contribution in [3.8, 4) is 0 Å². The van der Waals surface area contributed by atoms with E-state index in [1.807, 2.05) is 11.8 Å². The maximum Gasteiger partial charge on any atom is 0.0939 e. The standard InChI is InChI=1S/C11H20N2OS/c12-11(10(14)3-6-15-8-10)7-13-4-1-9(11)2-5-13/h9,14H,1-8,12H2. The first-order valence-corrected chi connectivity index (χ1v) is 7.11. The van der Waals surface area contributed by atoms with E-state index in [0.717, 1.165) is 24.5 Å². The lowest BCUT2D eigenvalue weighted by Crippen LogP contribution is -2.74. The quantitative estimate of drug-likeness (QED) is 0.677. The zero-order valence-corrected chi connectivity index (χ0v) is 9.93. The Labute approximate surface area is 95.4 Å². The number of hydrogen-bond acceptors (Lipinski definition) is 4. The van der Waals surface area contributed by atoms with E-state index in [9.17, 15) is 5.11 Å². The molecule has 0 spiro atoms. The Bertz CT molecular complexity index is 259. The van der Waals surface area contributed by atoms with Gasteiger partial charge in [0.25, 0.3) is 0 Å². The van der Waals surface area contributed by atoms with Crippen molar-refractivity contribution in [1.29, 1.82) is 0 Å². The van der Waals surface area contributed by atoms with Crippen LogP contribution in [-0.4, -0.2) is 52.3 Å². The van der Waals surface area contributed by atoms with Crippen molar-refractivity contribution in [1.82, 2.24) is 4.90 Å². The first-order chi connectivity index (χ1) is 7.14. The van der Waals surface area contributed by atoms with E-state index in [1.54, 1.807) is 0 Å². The monoisotopic (exact) mass is 228 g/mol. The van der Waals surface area contributed by atoms with Gasteiger partial charge >= 0.3 is 0 Å². The summed E-state index contributed by atoms with van der Waals surface area (Å²) in [7, 11) is 0. The molecule has 4 rings (SSSR count). The molecule has 4 heterocycles. The zero-order valence-electron chi connectivity index (χ0n) is 9.11. The molecule has 0 aliphatic carbocycles. The largest absolute Gasteiger partial charge is 0.387 e. The van der Waals surface area contributed by atoms with Crippen LogP contribution in [0.5, 0.6) is 0 Å². The summed E-state index contributed by atoms with van der Waals surface area (Å²) in [6, 6.07) is 0. The van der Waals surface area contributed by atoms with Crippen molar-refractivity contribution in [3.05, 3.63) is 0 Å². The van der Waals surface area contributed by atoms with Gasteiger partial charge in [0.15, 0.2) is 0 Å². The van der Waals surface area contributed by atoms with E-state index >= 15 is 0 Å². The van der Waals surface area contributed by atoms with Crippen LogP contribution in [-0.2, 0) is 0 Å². The summed E-state index contributed by atoms with van der Waals surface area (Å²) in [6.45, 7) is 3.29. The van der Waals surface area contributed by atoms with Crippen molar-refractivity contribution in [2.45, 2.75) is 30.4 Å². The molecule has 0 amide bonds. The molecule has 0 aromatic rings. The van der Waals surface area contributed by atoms with E-state index in [4.69, 9.17) is 5.73 Å². The normalized spacial score (nSPS) is 54.8. The zero-order chi connectivity index (χ0) is 10.5. The molecule has 3 N–H and O–H groups in total. The van der Waals surface area contributed by atoms with E-state index in [0.29, 0.717) is 5.92 Å². The number of rotatable bonds is 1. The van der Waals surface area contributed by atoms with Crippen molar-refractivity contribution < 1.29 is 5.11 Å². The second-order valence-electron chi connectivity index (χ2n) is 5.42. The fraction of sp³-hybridized carbons (Fsp3) is 1.00. The van der Waals surface area contributed by atoms with Gasteiger partial charge in [-0.3, -0.25) is 0 Å². The van der Waals surface area contributed by atoms with Gasteiger partial charge in [0.1, 0.15) is 0 Å². The maximum atomic E-state index is 10.7. The van der Waals surface area contributed by atoms with Gasteiger partial charge in [-0.2, -0.15) is 11.8 Å². The summed E-state index contributed by atoms with van der Waals surface area (Å²) < 4.78 is 0. The van der Waals surface area contributed by atoms with Crippen LogP contribution in [0, 0.1) is 5.92 Å². The lowest BCUT2D eigenvalue weighted by Gasteiger charge is -2.57. The summed E-state index contributed by atoms with van der Waals surface area (Å²) in [5.74, 6) is 2.46. The van der Waals surface area contributed by atoms with Gasteiger partial charge in [0.05, 0.1) is 11.1 Å². The summed E-state index contributed by atoms with van der Waals surface area (Å²) in [6.07, 6.45) is 3.26. The van der Waals surface area contributed by atoms with Gasteiger partial charge in [-0.25, -0.2) is 0 Å². The third-order valence-electron chi connectivity index (χ3n) is 4.67. The van der Waals surface area contributed by atoms with Crippen molar-refractivity contribution in [2.75, 3.05) is 31.1 Å². The molecule has 2 unspecified atom stereocenters. The average Bonchev–Trinajstić information content (AvgIpc) is 2.68. The van der Waals surface area contributed by atoms with E-state index < -0.39 is 5.60 Å². The summed E-state index contributed by atoms with van der Waals surface area (Å²) in [5, 5.41) is 10.7. The maximum absolute atomic E-state index is 10.7. The fourth-order valence-electron chi connectivity index (χ4n) is 3.55. The molecule has 15 heavy (non-hydrogen) atoms. The van der Waals surface area contributed by atoms with Crippen LogP contribution in [0.15, 0.2) is 0 Å². The summed E-state index contributed by atoms with van der Waals surface area (Å²) in [4.78, 5) is 2.43. The predicted octanol–water partition coefficient (Wildman–Crippen LogP) is 0.277. The molecule has 4 fully saturated rings. The molecule has 2 atom stereocenters. The number of thioether (sulfide) groups is 1. The topological polar surface area (TPSA) is 49.5 Å². The van der Waals surface area contributed by atoms with Crippen molar-refractivity contribution >= 4 is 11.8 Å². The smallest absolute Gasteiger partial charge is 0.0939 e. The Morgan fingerprint density at radius 1 is 1.33 bits per heavy atom. The van der Waals surface area contributed by atoms with Crippen LogP contribution in [0.2, 0.25) is 0 Å². The molecule has 4 heteroatoms. The highest BCUT2D eigenvalue weighted by Gasteiger charge is 2.57. The number of nitrogens with zero attached hydrogens (tertiary/aromatic N) is 1. The number of piperidine rings is 3. The van der Waals surface area contributed by atoms with Gasteiger partial charge in [0, 0.05) is 12.3 Å². The molecular formula is C11H20N2OS. The Balaban J connectivity index is 1.89. The average molecular weight is 228 g/mol. The third-order valence-corrected chi connectivity index (χ3v) is 5.84. The van der Waals surface area contributed by atoms with Crippen molar-refractivity contribution in [3.63, 3.8) is 0 Å². The van der Waals surface area contributed by atoms with E-state index in [2.05, 4.69) is 4.90 Å². The second-order valence-corrected chi connectivity index (χ2v) is 6.53. The van der Waals surface area contributed by atoms with Crippen LogP contribution in [0.4, 0.5) is 0 Å². The van der Waals surface area contributed by atoms with Crippen LogP contribution in [0.25, 0.3) is 0 Å². The third kappa shape index (κ3) is 1.38. The number of aliphatic hydroxyl groups is 1. The van der Waals surface area contributed by atoms with Crippen LogP contribution < -0.4 is 5.73 Å². The predicted molar refractivity (Wildman–Crippen MR) is 63.0 cm³/mol. The highest BCUT2D eigenvalue weighted by atomic mass is 32.2. The number of nitrogens with two attached hydrogens (primary N) is 1. The van der Waals surface area contributed by atoms with Gasteiger partial charge in [-0.15, -0.1) is 0 Å². The van der Waals surface area contributed by atoms with Gasteiger partial charge in [-0.1, -0.05) is 0 Å². The van der Waals surface area contributed by atoms with Gasteiger partial charge < -0.3 is 15.7 Å². The SMILES string of the molecule is NC1(C2(O)CCSC2)CN2CCC1CC2. The lowest BCUT2D eigenvalue weighted by molar-refractivity contribution is -0.100. The summed E-state index contributed by atoms with van der Waals surface area (Å²) in [5.41, 5.74) is 5.66. The molecule has 4 aliphatic rings. The van der Waals surface area contributed by atoms with Crippen LogP contribution >= 0.6 is 11.8 Å². The summed E-state index contributed by atoms with van der Waals surface area (Å²) >= 11 is 1.85. The lowest BCUT2D eigenvalue weighted by atomic mass is 9.64. The van der Waals surface area contributed by atoms with Crippen molar-refractivity contribution in [2.24, 2.45) is 11.7 Å². The molecule has 4 saturated heterocycles. The Morgan fingerprint density at radius 3 is 2.53 bits per heavy atom. The Hall–Kier alpha value is 0.230. The molecule has 86 valence electrons. The minimum atomic E-state index is -0.596. The molecule has 4 aliphatic heterocycles. The van der Waals surface area contributed by atoms with Crippen LogP contribution in [0.3, 0.4) is 0 Å². The molecule has 0 aromatic carbocycles.